The lowest BCUT2D eigenvalue weighted by Crippen LogP contribution is -2.17. The topological polar surface area (TPSA) is 45.2 Å². The number of phenols is 1. The molecular formula is C16H22N2OS. The first-order chi connectivity index (χ1) is 9.45. The maximum absolute atomic E-state index is 9.22. The number of nitrogens with one attached hydrogen (secondary N) is 1. The second kappa shape index (κ2) is 6.37. The van der Waals surface area contributed by atoms with E-state index in [1.165, 1.54) is 10.6 Å². The van der Waals surface area contributed by atoms with Gasteiger partial charge in [0.15, 0.2) is 0 Å². The van der Waals surface area contributed by atoms with Crippen LogP contribution in [0.25, 0.3) is 0 Å². The molecule has 0 atom stereocenters. The first-order valence-electron chi connectivity index (χ1n) is 6.88. The van der Waals surface area contributed by atoms with Crippen LogP contribution in [0.5, 0.6) is 5.75 Å². The van der Waals surface area contributed by atoms with Crippen molar-refractivity contribution in [2.45, 2.75) is 39.2 Å². The fourth-order valence-electron chi connectivity index (χ4n) is 1.84. The summed E-state index contributed by atoms with van der Waals surface area (Å²) in [6.45, 7) is 8.29. The van der Waals surface area contributed by atoms with E-state index in [0.717, 1.165) is 25.2 Å². The molecule has 20 heavy (non-hydrogen) atoms. The molecule has 1 aromatic heterocycles. The number of hydrogen-bond donors (Lipinski definition) is 2. The second-order valence-electron chi connectivity index (χ2n) is 5.99. The maximum atomic E-state index is 9.22. The van der Waals surface area contributed by atoms with Crippen molar-refractivity contribution >= 4 is 11.3 Å². The number of nitrogens with zero attached hydrogens (tertiary/aromatic N) is 1. The molecule has 2 aromatic rings. The Labute approximate surface area is 124 Å². The van der Waals surface area contributed by atoms with Gasteiger partial charge in [0, 0.05) is 17.3 Å². The van der Waals surface area contributed by atoms with Gasteiger partial charge in [-0.05, 0) is 30.7 Å². The maximum Gasteiger partial charge on any atom is 0.115 e. The lowest BCUT2D eigenvalue weighted by atomic mass is 9.98. The van der Waals surface area contributed by atoms with E-state index in [-0.39, 0.29) is 5.41 Å². The Kier molecular flexibility index (Phi) is 4.78. The fourth-order valence-corrected chi connectivity index (χ4v) is 2.75. The summed E-state index contributed by atoms with van der Waals surface area (Å²) in [5, 5.41) is 16.0. The molecule has 0 saturated heterocycles. The third kappa shape index (κ3) is 4.32. The first kappa shape index (κ1) is 15.0. The Morgan fingerprint density at radius 1 is 1.20 bits per heavy atom. The molecule has 0 aliphatic rings. The normalized spacial score (nSPS) is 11.8. The molecule has 1 heterocycles. The van der Waals surface area contributed by atoms with Crippen LogP contribution in [0, 0.1) is 0 Å². The number of hydrogen-bond acceptors (Lipinski definition) is 4. The summed E-state index contributed by atoms with van der Waals surface area (Å²) in [5.74, 6) is 0.318. The number of phenolic OH excluding ortho intramolecular Hbond substituents is 1. The zero-order valence-electron chi connectivity index (χ0n) is 12.3. The monoisotopic (exact) mass is 290 g/mol. The number of benzene rings is 1. The van der Waals surface area contributed by atoms with Crippen LogP contribution in [0.2, 0.25) is 0 Å². The Bertz CT molecular complexity index is 540. The summed E-state index contributed by atoms with van der Waals surface area (Å²) >= 11 is 1.73. The summed E-state index contributed by atoms with van der Waals surface area (Å²) in [6.07, 6.45) is 0.955. The van der Waals surface area contributed by atoms with Gasteiger partial charge in [0.25, 0.3) is 0 Å². The SMILES string of the molecule is CC(C)(C)c1nc(CNCCc2ccc(O)cc2)cs1. The average molecular weight is 290 g/mol. The Balaban J connectivity index is 1.76. The van der Waals surface area contributed by atoms with Gasteiger partial charge in [0.1, 0.15) is 5.75 Å². The highest BCUT2D eigenvalue weighted by molar-refractivity contribution is 7.09. The van der Waals surface area contributed by atoms with Crippen LogP contribution in [0.4, 0.5) is 0 Å². The summed E-state index contributed by atoms with van der Waals surface area (Å²) in [6, 6.07) is 7.37. The molecule has 0 radical (unpaired) electrons. The average Bonchev–Trinajstić information content (AvgIpc) is 2.85. The van der Waals surface area contributed by atoms with E-state index in [0.29, 0.717) is 5.75 Å². The van der Waals surface area contributed by atoms with E-state index in [9.17, 15) is 5.11 Å². The molecule has 3 nitrogen and oxygen atoms in total. The van der Waals surface area contributed by atoms with Gasteiger partial charge in [-0.25, -0.2) is 4.98 Å². The Morgan fingerprint density at radius 3 is 2.50 bits per heavy atom. The highest BCUT2D eigenvalue weighted by Crippen LogP contribution is 2.25. The van der Waals surface area contributed by atoms with Gasteiger partial charge < -0.3 is 10.4 Å². The third-order valence-corrected chi connectivity index (χ3v) is 4.34. The summed E-state index contributed by atoms with van der Waals surface area (Å²) < 4.78 is 0. The van der Waals surface area contributed by atoms with Crippen molar-refractivity contribution in [3.05, 3.63) is 45.9 Å². The van der Waals surface area contributed by atoms with Gasteiger partial charge in [-0.2, -0.15) is 0 Å². The molecule has 4 heteroatoms. The number of aromatic nitrogens is 1. The predicted octanol–water partition coefficient (Wildman–Crippen LogP) is 3.48. The summed E-state index contributed by atoms with van der Waals surface area (Å²) in [4.78, 5) is 4.66. The molecule has 0 aliphatic heterocycles. The molecule has 1 aromatic carbocycles. The van der Waals surface area contributed by atoms with E-state index in [4.69, 9.17) is 0 Å². The quantitative estimate of drug-likeness (QED) is 0.829. The van der Waals surface area contributed by atoms with Crippen LogP contribution in [0.1, 0.15) is 37.0 Å². The molecule has 0 bridgehead atoms. The van der Waals surface area contributed by atoms with Crippen molar-refractivity contribution in [3.8, 4) is 5.75 Å². The minimum absolute atomic E-state index is 0.134. The fraction of sp³-hybridized carbons (Fsp3) is 0.438. The van der Waals surface area contributed by atoms with Crippen molar-refractivity contribution in [1.29, 1.82) is 0 Å². The molecule has 2 N–H and O–H groups in total. The lowest BCUT2D eigenvalue weighted by Gasteiger charge is -2.13. The molecule has 0 aliphatic carbocycles. The van der Waals surface area contributed by atoms with Gasteiger partial charge >= 0.3 is 0 Å². The van der Waals surface area contributed by atoms with Crippen molar-refractivity contribution in [2.24, 2.45) is 0 Å². The van der Waals surface area contributed by atoms with Gasteiger partial charge in [-0.3, -0.25) is 0 Å². The van der Waals surface area contributed by atoms with E-state index in [1.54, 1.807) is 23.5 Å². The zero-order chi connectivity index (χ0) is 14.6. The number of rotatable bonds is 5. The van der Waals surface area contributed by atoms with Gasteiger partial charge in [-0.1, -0.05) is 32.9 Å². The Hall–Kier alpha value is -1.39. The molecule has 0 spiro atoms. The summed E-state index contributed by atoms with van der Waals surface area (Å²) in [5.41, 5.74) is 2.48. The standard InChI is InChI=1S/C16H22N2OS/c1-16(2,3)15-18-13(11-20-15)10-17-9-8-12-4-6-14(19)7-5-12/h4-7,11,17,19H,8-10H2,1-3H3. The predicted molar refractivity (Wildman–Crippen MR) is 84.3 cm³/mol. The molecule has 0 fully saturated rings. The van der Waals surface area contributed by atoms with Crippen LogP contribution in [-0.4, -0.2) is 16.6 Å². The third-order valence-electron chi connectivity index (χ3n) is 3.03. The van der Waals surface area contributed by atoms with E-state index in [1.807, 2.05) is 12.1 Å². The Morgan fingerprint density at radius 2 is 1.90 bits per heavy atom. The van der Waals surface area contributed by atoms with Crippen LogP contribution >= 0.6 is 11.3 Å². The highest BCUT2D eigenvalue weighted by Gasteiger charge is 2.17. The van der Waals surface area contributed by atoms with E-state index < -0.39 is 0 Å². The van der Waals surface area contributed by atoms with Gasteiger partial charge in [0.2, 0.25) is 0 Å². The second-order valence-corrected chi connectivity index (χ2v) is 6.85. The largest absolute Gasteiger partial charge is 0.508 e. The van der Waals surface area contributed by atoms with Crippen LogP contribution in [-0.2, 0) is 18.4 Å². The molecular weight excluding hydrogens is 268 g/mol. The lowest BCUT2D eigenvalue weighted by molar-refractivity contribution is 0.475. The minimum Gasteiger partial charge on any atom is -0.508 e. The van der Waals surface area contributed by atoms with Gasteiger partial charge in [-0.15, -0.1) is 11.3 Å². The van der Waals surface area contributed by atoms with Crippen LogP contribution in [0.3, 0.4) is 0 Å². The number of thiazole rings is 1. The van der Waals surface area contributed by atoms with Crippen LogP contribution in [0.15, 0.2) is 29.6 Å². The molecule has 2 rings (SSSR count). The van der Waals surface area contributed by atoms with Crippen LogP contribution < -0.4 is 5.32 Å². The molecule has 0 unspecified atom stereocenters. The van der Waals surface area contributed by atoms with Crippen molar-refractivity contribution < 1.29 is 5.11 Å². The molecule has 108 valence electrons. The van der Waals surface area contributed by atoms with Crippen molar-refractivity contribution in [2.75, 3.05) is 6.54 Å². The highest BCUT2D eigenvalue weighted by atomic mass is 32.1. The molecule has 0 amide bonds. The zero-order valence-corrected chi connectivity index (χ0v) is 13.1. The first-order valence-corrected chi connectivity index (χ1v) is 7.76. The van der Waals surface area contributed by atoms with Crippen molar-refractivity contribution in [3.63, 3.8) is 0 Å². The van der Waals surface area contributed by atoms with Gasteiger partial charge in [0.05, 0.1) is 10.7 Å². The van der Waals surface area contributed by atoms with E-state index >= 15 is 0 Å². The summed E-state index contributed by atoms with van der Waals surface area (Å²) in [7, 11) is 0. The number of aromatic hydroxyl groups is 1. The van der Waals surface area contributed by atoms with E-state index in [2.05, 4.69) is 36.5 Å². The minimum atomic E-state index is 0.134. The smallest absolute Gasteiger partial charge is 0.115 e. The van der Waals surface area contributed by atoms with Crippen molar-refractivity contribution in [1.82, 2.24) is 10.3 Å². The molecule has 0 saturated carbocycles.